The van der Waals surface area contributed by atoms with Gasteiger partial charge in [0.15, 0.2) is 0 Å². The minimum atomic E-state index is 0.766. The Hall–Kier alpha value is -1.18. The molecule has 0 N–H and O–H groups in total. The Morgan fingerprint density at radius 1 is 1.30 bits per heavy atom. The molecule has 0 atom stereocenters. The lowest BCUT2D eigenvalue weighted by Crippen LogP contribution is -1.64. The highest BCUT2D eigenvalue weighted by Crippen LogP contribution is 1.82. The van der Waals surface area contributed by atoms with Gasteiger partial charge in [0.25, 0.3) is 0 Å². The number of carbonyl (C=O) groups is 1. The Bertz CT molecular complexity index is 157. The second-order valence-electron chi connectivity index (χ2n) is 1.64. The molecule has 0 aromatic carbocycles. The van der Waals surface area contributed by atoms with E-state index < -0.39 is 0 Å². The van der Waals surface area contributed by atoms with E-state index >= 15 is 0 Å². The molecule has 10 heavy (non-hydrogen) atoms. The standard InChI is InChI=1S/C8H11NO/c1-9-7-5-3-2-4-6-8-10/h3-8H,2H2,1H3. The molecular weight excluding hydrogens is 126 g/mol. The summed E-state index contributed by atoms with van der Waals surface area (Å²) in [6.07, 6.45) is 10.3. The average molecular weight is 137 g/mol. The van der Waals surface area contributed by atoms with Gasteiger partial charge in [0.05, 0.1) is 0 Å². The first-order valence-electron chi connectivity index (χ1n) is 3.09. The van der Waals surface area contributed by atoms with E-state index in [0.717, 1.165) is 12.7 Å². The van der Waals surface area contributed by atoms with Gasteiger partial charge in [-0.3, -0.25) is 9.79 Å². The van der Waals surface area contributed by atoms with Crippen LogP contribution in [0.5, 0.6) is 0 Å². The Labute approximate surface area is 61.0 Å². The predicted molar refractivity (Wildman–Crippen MR) is 43.4 cm³/mol. The van der Waals surface area contributed by atoms with Crippen molar-refractivity contribution in [2.24, 2.45) is 4.99 Å². The van der Waals surface area contributed by atoms with Crippen LogP contribution in [0.1, 0.15) is 6.42 Å². The van der Waals surface area contributed by atoms with Crippen LogP contribution >= 0.6 is 0 Å². The van der Waals surface area contributed by atoms with Gasteiger partial charge in [0.1, 0.15) is 6.29 Å². The van der Waals surface area contributed by atoms with Crippen LogP contribution in [0.2, 0.25) is 0 Å². The number of nitrogens with zero attached hydrogens (tertiary/aromatic N) is 1. The van der Waals surface area contributed by atoms with Crippen molar-refractivity contribution >= 4 is 12.5 Å². The van der Waals surface area contributed by atoms with Gasteiger partial charge < -0.3 is 0 Å². The second-order valence-corrected chi connectivity index (χ2v) is 1.64. The summed E-state index contributed by atoms with van der Waals surface area (Å²) in [5, 5.41) is 0. The van der Waals surface area contributed by atoms with E-state index in [1.807, 2.05) is 12.2 Å². The molecule has 0 radical (unpaired) electrons. The number of hydrogen-bond acceptors (Lipinski definition) is 2. The Balaban J connectivity index is 3.34. The monoisotopic (exact) mass is 137 g/mol. The van der Waals surface area contributed by atoms with Crippen molar-refractivity contribution in [2.45, 2.75) is 6.42 Å². The fourth-order valence-corrected chi connectivity index (χ4v) is 0.438. The summed E-state index contributed by atoms with van der Waals surface area (Å²) in [4.78, 5) is 13.5. The molecule has 0 amide bonds. The first-order valence-corrected chi connectivity index (χ1v) is 3.09. The van der Waals surface area contributed by atoms with Crippen molar-refractivity contribution in [3.63, 3.8) is 0 Å². The van der Waals surface area contributed by atoms with Gasteiger partial charge >= 0.3 is 0 Å². The Kier molecular flexibility index (Phi) is 6.90. The molecule has 54 valence electrons. The third kappa shape index (κ3) is 6.82. The van der Waals surface area contributed by atoms with Crippen molar-refractivity contribution < 1.29 is 4.79 Å². The lowest BCUT2D eigenvalue weighted by molar-refractivity contribution is -0.104. The molecule has 0 aromatic heterocycles. The van der Waals surface area contributed by atoms with E-state index in [1.165, 1.54) is 6.08 Å². The van der Waals surface area contributed by atoms with Crippen molar-refractivity contribution in [1.29, 1.82) is 0 Å². The summed E-state index contributed by atoms with van der Waals surface area (Å²) in [5.41, 5.74) is 0. The summed E-state index contributed by atoms with van der Waals surface area (Å²) in [5.74, 6) is 0. The van der Waals surface area contributed by atoms with E-state index in [-0.39, 0.29) is 0 Å². The van der Waals surface area contributed by atoms with Gasteiger partial charge in [-0.25, -0.2) is 0 Å². The number of aliphatic imine (C=N–C) groups is 1. The summed E-state index contributed by atoms with van der Waals surface area (Å²) in [7, 11) is 1.71. The van der Waals surface area contributed by atoms with Crippen molar-refractivity contribution in [3.8, 4) is 0 Å². The average Bonchev–Trinajstić information content (AvgIpc) is 1.97. The number of carbonyl (C=O) groups excluding carboxylic acids is 1. The molecule has 0 aromatic rings. The molecule has 0 fully saturated rings. The molecule has 0 saturated heterocycles. The van der Waals surface area contributed by atoms with Crippen LogP contribution in [-0.4, -0.2) is 19.5 Å². The Morgan fingerprint density at radius 2 is 2.00 bits per heavy atom. The van der Waals surface area contributed by atoms with Crippen LogP contribution in [0.4, 0.5) is 0 Å². The molecule has 0 heterocycles. The predicted octanol–water partition coefficient (Wildman–Crippen LogP) is 1.39. The van der Waals surface area contributed by atoms with Gasteiger partial charge in [-0.15, -0.1) is 0 Å². The van der Waals surface area contributed by atoms with Crippen molar-refractivity contribution in [2.75, 3.05) is 7.05 Å². The number of aldehydes is 1. The molecule has 0 saturated carbocycles. The summed E-state index contributed by atoms with van der Waals surface area (Å²) in [6.45, 7) is 0. The molecule has 2 nitrogen and oxygen atoms in total. The number of rotatable bonds is 4. The maximum atomic E-state index is 9.76. The second kappa shape index (κ2) is 7.82. The summed E-state index contributed by atoms with van der Waals surface area (Å²) >= 11 is 0. The SMILES string of the molecule is CN=CC=CCC=CC=O. The molecule has 0 rings (SSSR count). The van der Waals surface area contributed by atoms with Crippen LogP contribution in [0.3, 0.4) is 0 Å². The molecule has 2 heteroatoms. The summed E-state index contributed by atoms with van der Waals surface area (Å²) < 4.78 is 0. The van der Waals surface area contributed by atoms with Crippen molar-refractivity contribution in [1.82, 2.24) is 0 Å². The molecule has 0 aliphatic heterocycles. The van der Waals surface area contributed by atoms with Gasteiger partial charge in [-0.2, -0.15) is 0 Å². The topological polar surface area (TPSA) is 29.4 Å². The minimum absolute atomic E-state index is 0.766. The van der Waals surface area contributed by atoms with Crippen LogP contribution in [-0.2, 0) is 4.79 Å². The Morgan fingerprint density at radius 3 is 2.60 bits per heavy atom. The van der Waals surface area contributed by atoms with Gasteiger partial charge in [0, 0.05) is 13.3 Å². The molecule has 0 spiro atoms. The van der Waals surface area contributed by atoms with E-state index in [1.54, 1.807) is 19.3 Å². The summed E-state index contributed by atoms with van der Waals surface area (Å²) in [6, 6.07) is 0. The lowest BCUT2D eigenvalue weighted by atomic mass is 10.3. The fourth-order valence-electron chi connectivity index (χ4n) is 0.438. The fraction of sp³-hybridized carbons (Fsp3) is 0.250. The van der Waals surface area contributed by atoms with E-state index in [2.05, 4.69) is 4.99 Å². The number of allylic oxidation sites excluding steroid dienone is 4. The molecule has 0 aliphatic rings. The quantitative estimate of drug-likeness (QED) is 0.327. The van der Waals surface area contributed by atoms with E-state index in [0.29, 0.717) is 0 Å². The molecular formula is C8H11NO. The highest BCUT2D eigenvalue weighted by molar-refractivity contribution is 5.70. The van der Waals surface area contributed by atoms with E-state index in [9.17, 15) is 4.79 Å². The maximum Gasteiger partial charge on any atom is 0.142 e. The smallest absolute Gasteiger partial charge is 0.142 e. The third-order valence-electron chi connectivity index (χ3n) is 0.858. The van der Waals surface area contributed by atoms with Gasteiger partial charge in [0.2, 0.25) is 0 Å². The van der Waals surface area contributed by atoms with Crippen LogP contribution in [0.15, 0.2) is 29.3 Å². The first kappa shape index (κ1) is 8.82. The molecule has 0 aliphatic carbocycles. The van der Waals surface area contributed by atoms with Crippen LogP contribution < -0.4 is 0 Å². The highest BCUT2D eigenvalue weighted by Gasteiger charge is 1.67. The maximum absolute atomic E-state index is 9.76. The first-order chi connectivity index (χ1) is 4.91. The highest BCUT2D eigenvalue weighted by atomic mass is 16.1. The van der Waals surface area contributed by atoms with Crippen molar-refractivity contribution in [3.05, 3.63) is 24.3 Å². The lowest BCUT2D eigenvalue weighted by Gasteiger charge is -1.75. The van der Waals surface area contributed by atoms with Gasteiger partial charge in [-0.1, -0.05) is 12.2 Å². The molecule has 0 unspecified atom stereocenters. The van der Waals surface area contributed by atoms with Crippen LogP contribution in [0.25, 0.3) is 0 Å². The van der Waals surface area contributed by atoms with Crippen LogP contribution in [0, 0.1) is 0 Å². The zero-order chi connectivity index (χ0) is 7.66. The normalized spacial score (nSPS) is 12.1. The minimum Gasteiger partial charge on any atom is -0.299 e. The molecule has 0 bridgehead atoms. The van der Waals surface area contributed by atoms with E-state index in [4.69, 9.17) is 0 Å². The zero-order valence-corrected chi connectivity index (χ0v) is 6.03. The van der Waals surface area contributed by atoms with Gasteiger partial charge in [-0.05, 0) is 18.6 Å². The largest absolute Gasteiger partial charge is 0.299 e. The third-order valence-corrected chi connectivity index (χ3v) is 0.858. The number of hydrogen-bond donors (Lipinski definition) is 0. The zero-order valence-electron chi connectivity index (χ0n) is 6.03.